The number of allylic oxidation sites excluding steroid dienone is 1. The quantitative estimate of drug-likeness (QED) is 0.733. The number of hydrogen-bond donors (Lipinski definition) is 0. The van der Waals surface area contributed by atoms with Gasteiger partial charge in [-0.25, -0.2) is 9.59 Å². The van der Waals surface area contributed by atoms with Gasteiger partial charge in [0.15, 0.2) is 6.10 Å². The Kier molecular flexibility index (Phi) is 2.94. The van der Waals surface area contributed by atoms with E-state index in [0.717, 1.165) is 40.7 Å². The molecule has 0 amide bonds. The van der Waals surface area contributed by atoms with E-state index in [1.54, 1.807) is 12.5 Å². The lowest BCUT2D eigenvalue weighted by Crippen LogP contribution is -2.30. The van der Waals surface area contributed by atoms with Crippen molar-refractivity contribution in [3.8, 4) is 0 Å². The zero-order valence-electron chi connectivity index (χ0n) is 14.0. The maximum absolute atomic E-state index is 12.5. The minimum atomic E-state index is -0.420. The van der Waals surface area contributed by atoms with Crippen molar-refractivity contribution in [3.05, 3.63) is 58.1 Å². The van der Waals surface area contributed by atoms with Gasteiger partial charge >= 0.3 is 11.9 Å². The van der Waals surface area contributed by atoms with Gasteiger partial charge in [-0.05, 0) is 44.2 Å². The maximum Gasteiger partial charge on any atom is 0.335 e. The molecule has 2 aliphatic carbocycles. The minimum Gasteiger partial charge on any atom is -0.472 e. The second-order valence-electron chi connectivity index (χ2n) is 7.15. The fourth-order valence-corrected chi connectivity index (χ4v) is 4.90. The molecule has 0 saturated carbocycles. The van der Waals surface area contributed by atoms with Gasteiger partial charge in [0, 0.05) is 22.3 Å². The molecular weight excluding hydrogens is 320 g/mol. The summed E-state index contributed by atoms with van der Waals surface area (Å²) in [4.78, 5) is 24.7. The molecule has 4 aliphatic rings. The summed E-state index contributed by atoms with van der Waals surface area (Å²) in [6.07, 6.45) is 7.83. The number of cyclic esters (lactones) is 2. The molecule has 0 N–H and O–H groups in total. The molecule has 1 fully saturated rings. The molecule has 0 unspecified atom stereocenters. The van der Waals surface area contributed by atoms with E-state index < -0.39 is 6.10 Å². The Morgan fingerprint density at radius 2 is 2.08 bits per heavy atom. The summed E-state index contributed by atoms with van der Waals surface area (Å²) in [6.45, 7) is 2.44. The zero-order chi connectivity index (χ0) is 17.2. The highest BCUT2D eigenvalue weighted by Crippen LogP contribution is 2.56. The number of hydrogen-bond acceptors (Lipinski definition) is 5. The second-order valence-corrected chi connectivity index (χ2v) is 7.15. The highest BCUT2D eigenvalue weighted by molar-refractivity contribution is 5.96. The van der Waals surface area contributed by atoms with Crippen molar-refractivity contribution in [2.24, 2.45) is 5.41 Å². The van der Waals surface area contributed by atoms with Gasteiger partial charge < -0.3 is 13.9 Å². The van der Waals surface area contributed by atoms with Crippen LogP contribution in [-0.4, -0.2) is 18.5 Å². The molecule has 1 aromatic rings. The van der Waals surface area contributed by atoms with Crippen LogP contribution in [0.3, 0.4) is 0 Å². The zero-order valence-corrected chi connectivity index (χ0v) is 14.0. The van der Waals surface area contributed by atoms with Gasteiger partial charge in [-0.1, -0.05) is 11.6 Å². The molecule has 2 atom stereocenters. The van der Waals surface area contributed by atoms with E-state index in [1.165, 1.54) is 5.57 Å². The first-order valence-electron chi connectivity index (χ1n) is 8.66. The van der Waals surface area contributed by atoms with Crippen molar-refractivity contribution >= 4 is 11.9 Å². The molecule has 1 aromatic heterocycles. The molecule has 1 spiro atoms. The Hall–Kier alpha value is -2.56. The van der Waals surface area contributed by atoms with Crippen molar-refractivity contribution in [1.29, 1.82) is 0 Å². The lowest BCUT2D eigenvalue weighted by atomic mass is 9.67. The first kappa shape index (κ1) is 14.8. The molecule has 25 heavy (non-hydrogen) atoms. The van der Waals surface area contributed by atoms with Gasteiger partial charge in [0.05, 0.1) is 17.9 Å². The van der Waals surface area contributed by atoms with Crippen molar-refractivity contribution in [2.75, 3.05) is 6.61 Å². The Balaban J connectivity index is 1.69. The molecule has 0 aromatic carbocycles. The molecule has 0 radical (unpaired) electrons. The van der Waals surface area contributed by atoms with Gasteiger partial charge in [-0.3, -0.25) is 0 Å². The summed E-state index contributed by atoms with van der Waals surface area (Å²) >= 11 is 0. The van der Waals surface area contributed by atoms with Crippen LogP contribution in [-0.2, 0) is 19.1 Å². The average molecular weight is 338 g/mol. The monoisotopic (exact) mass is 338 g/mol. The van der Waals surface area contributed by atoms with E-state index >= 15 is 0 Å². The molecule has 3 heterocycles. The Morgan fingerprint density at radius 1 is 1.20 bits per heavy atom. The van der Waals surface area contributed by atoms with E-state index in [2.05, 4.69) is 6.92 Å². The van der Waals surface area contributed by atoms with Crippen LogP contribution in [0, 0.1) is 5.41 Å². The number of furan rings is 1. The van der Waals surface area contributed by atoms with Gasteiger partial charge in [0.1, 0.15) is 6.61 Å². The van der Waals surface area contributed by atoms with Crippen molar-refractivity contribution < 1.29 is 23.5 Å². The highest BCUT2D eigenvalue weighted by atomic mass is 16.6. The standard InChI is InChI=1S/C20H18O5/c1-11-14-3-2-4-15-19(22)24-10-20(14,15)7-5-13-16(11)17(25-18(13)21)12-6-8-23-9-12/h4,6,8-9,17H,2-3,5,7,10H2,1H3/t17-,20-/m0/s1. The molecule has 1 saturated heterocycles. The third-order valence-electron chi connectivity index (χ3n) is 6.07. The number of carbonyl (C=O) groups excluding carboxylic acids is 2. The Bertz CT molecular complexity index is 883. The van der Waals surface area contributed by atoms with Crippen LogP contribution < -0.4 is 0 Å². The Labute approximate surface area is 145 Å². The van der Waals surface area contributed by atoms with Crippen LogP contribution in [0.15, 0.2) is 57.0 Å². The third-order valence-corrected chi connectivity index (χ3v) is 6.07. The van der Waals surface area contributed by atoms with Gasteiger partial charge in [0.25, 0.3) is 0 Å². The molecule has 128 valence electrons. The average Bonchev–Trinajstić information content (AvgIpc) is 3.29. The topological polar surface area (TPSA) is 65.7 Å². The molecular formula is C20H18O5. The van der Waals surface area contributed by atoms with Crippen LogP contribution in [0.5, 0.6) is 0 Å². The van der Waals surface area contributed by atoms with Gasteiger partial charge in [-0.15, -0.1) is 0 Å². The summed E-state index contributed by atoms with van der Waals surface area (Å²) in [6, 6.07) is 1.83. The first-order valence-corrected chi connectivity index (χ1v) is 8.66. The first-order chi connectivity index (χ1) is 12.1. The molecule has 5 rings (SSSR count). The predicted molar refractivity (Wildman–Crippen MR) is 87.2 cm³/mol. The number of carbonyl (C=O) groups is 2. The number of esters is 2. The second kappa shape index (κ2) is 4.97. The van der Waals surface area contributed by atoms with Gasteiger partial charge in [0.2, 0.25) is 0 Å². The molecule has 5 nitrogen and oxygen atoms in total. The van der Waals surface area contributed by atoms with Crippen molar-refractivity contribution in [3.63, 3.8) is 0 Å². The minimum absolute atomic E-state index is 0.207. The van der Waals surface area contributed by atoms with Crippen LogP contribution >= 0.6 is 0 Å². The van der Waals surface area contributed by atoms with E-state index in [9.17, 15) is 9.59 Å². The SMILES string of the molecule is CC1=C2CCC=C3C(=O)OC[C@]32CCC2=C1[C@H](c1ccoc1)OC2=O. The fraction of sp³-hybridized carbons (Fsp3) is 0.400. The molecule has 2 aliphatic heterocycles. The van der Waals surface area contributed by atoms with Crippen molar-refractivity contribution in [1.82, 2.24) is 0 Å². The molecule has 5 heteroatoms. The summed E-state index contributed by atoms with van der Waals surface area (Å²) < 4.78 is 16.3. The third kappa shape index (κ3) is 1.84. The smallest absolute Gasteiger partial charge is 0.335 e. The fourth-order valence-electron chi connectivity index (χ4n) is 4.90. The number of rotatable bonds is 1. The van der Waals surface area contributed by atoms with Crippen LogP contribution in [0.1, 0.15) is 44.3 Å². The number of ether oxygens (including phenoxy) is 2. The van der Waals surface area contributed by atoms with Crippen LogP contribution in [0.2, 0.25) is 0 Å². The predicted octanol–water partition coefficient (Wildman–Crippen LogP) is 3.55. The van der Waals surface area contributed by atoms with E-state index in [0.29, 0.717) is 19.4 Å². The molecule has 0 bridgehead atoms. The normalized spacial score (nSPS) is 31.1. The lowest BCUT2D eigenvalue weighted by molar-refractivity contribution is -0.140. The maximum atomic E-state index is 12.5. The van der Waals surface area contributed by atoms with Crippen LogP contribution in [0.4, 0.5) is 0 Å². The van der Waals surface area contributed by atoms with Gasteiger partial charge in [-0.2, -0.15) is 0 Å². The van der Waals surface area contributed by atoms with E-state index in [1.807, 2.05) is 12.1 Å². The van der Waals surface area contributed by atoms with E-state index in [-0.39, 0.29) is 17.4 Å². The van der Waals surface area contributed by atoms with Crippen molar-refractivity contribution in [2.45, 2.75) is 38.7 Å². The summed E-state index contributed by atoms with van der Waals surface area (Å²) in [5.41, 5.74) is 5.26. The summed E-state index contributed by atoms with van der Waals surface area (Å²) in [7, 11) is 0. The Morgan fingerprint density at radius 3 is 2.88 bits per heavy atom. The lowest BCUT2D eigenvalue weighted by Gasteiger charge is -2.34. The van der Waals surface area contributed by atoms with Crippen LogP contribution in [0.25, 0.3) is 0 Å². The van der Waals surface area contributed by atoms with E-state index in [4.69, 9.17) is 13.9 Å². The summed E-state index contributed by atoms with van der Waals surface area (Å²) in [5.74, 6) is -0.465. The highest BCUT2D eigenvalue weighted by Gasteiger charge is 2.53. The largest absolute Gasteiger partial charge is 0.472 e. The summed E-state index contributed by atoms with van der Waals surface area (Å²) in [5, 5.41) is 0.